The number of aryl methyl sites for hydroxylation is 1. The Morgan fingerprint density at radius 1 is 1.24 bits per heavy atom. The molecular weight excluding hydrogens is 264 g/mol. The summed E-state index contributed by atoms with van der Waals surface area (Å²) in [5.74, 6) is 0.831. The molecule has 0 fully saturated rings. The van der Waals surface area contributed by atoms with Crippen LogP contribution in [0.1, 0.15) is 22.5 Å². The predicted octanol–water partition coefficient (Wildman–Crippen LogP) is 2.73. The van der Waals surface area contributed by atoms with Gasteiger partial charge in [-0.05, 0) is 42.3 Å². The largest absolute Gasteiger partial charge is 0.497 e. The van der Waals surface area contributed by atoms with E-state index in [1.54, 1.807) is 7.11 Å². The van der Waals surface area contributed by atoms with E-state index in [9.17, 15) is 5.11 Å². The van der Waals surface area contributed by atoms with Gasteiger partial charge in [-0.15, -0.1) is 0 Å². The van der Waals surface area contributed by atoms with Crippen molar-refractivity contribution in [1.82, 2.24) is 9.38 Å². The monoisotopic (exact) mass is 282 g/mol. The van der Waals surface area contributed by atoms with Gasteiger partial charge in [0.15, 0.2) is 0 Å². The zero-order chi connectivity index (χ0) is 14.8. The average Bonchev–Trinajstić information content (AvgIpc) is 2.83. The summed E-state index contributed by atoms with van der Waals surface area (Å²) in [5, 5.41) is 9.67. The first-order chi connectivity index (χ1) is 10.2. The molecule has 108 valence electrons. The average molecular weight is 282 g/mol. The van der Waals surface area contributed by atoms with E-state index in [1.165, 1.54) is 0 Å². The summed E-state index contributed by atoms with van der Waals surface area (Å²) in [4.78, 5) is 4.66. The molecule has 0 spiro atoms. The zero-order valence-electron chi connectivity index (χ0n) is 12.2. The number of pyridine rings is 1. The highest BCUT2D eigenvalue weighted by Crippen LogP contribution is 2.20. The van der Waals surface area contributed by atoms with Gasteiger partial charge in [-0.25, -0.2) is 4.98 Å². The molecule has 0 atom stereocenters. The van der Waals surface area contributed by atoms with Crippen LogP contribution in [0, 0.1) is 6.92 Å². The number of ether oxygens (including phenoxy) is 1. The lowest BCUT2D eigenvalue weighted by Gasteiger charge is -2.04. The number of aliphatic hydroxyl groups excluding tert-OH is 1. The van der Waals surface area contributed by atoms with Gasteiger partial charge in [-0.1, -0.05) is 12.1 Å². The Hall–Kier alpha value is -2.33. The van der Waals surface area contributed by atoms with Gasteiger partial charge in [0.2, 0.25) is 0 Å². The van der Waals surface area contributed by atoms with Gasteiger partial charge >= 0.3 is 0 Å². The Morgan fingerprint density at radius 2 is 2.10 bits per heavy atom. The second kappa shape index (κ2) is 5.58. The van der Waals surface area contributed by atoms with E-state index >= 15 is 0 Å². The number of aliphatic hydroxyl groups is 1. The third-order valence-electron chi connectivity index (χ3n) is 3.62. The quantitative estimate of drug-likeness (QED) is 0.800. The van der Waals surface area contributed by atoms with Crippen molar-refractivity contribution in [1.29, 1.82) is 0 Å². The molecule has 21 heavy (non-hydrogen) atoms. The minimum Gasteiger partial charge on any atom is -0.497 e. The second-order valence-electron chi connectivity index (χ2n) is 5.12. The molecule has 0 bridgehead atoms. The van der Waals surface area contributed by atoms with Crippen LogP contribution in [-0.4, -0.2) is 21.6 Å². The number of fused-ring (bicyclic) bond motifs is 1. The molecule has 0 radical (unpaired) electrons. The van der Waals surface area contributed by atoms with Crippen molar-refractivity contribution >= 4 is 5.65 Å². The van der Waals surface area contributed by atoms with Crippen LogP contribution in [0.15, 0.2) is 42.6 Å². The van der Waals surface area contributed by atoms with E-state index in [4.69, 9.17) is 4.74 Å². The maximum absolute atomic E-state index is 9.67. The van der Waals surface area contributed by atoms with Gasteiger partial charge in [0.1, 0.15) is 11.4 Å². The number of benzene rings is 1. The minimum absolute atomic E-state index is 0.0243. The molecule has 1 aromatic carbocycles. The van der Waals surface area contributed by atoms with Crippen molar-refractivity contribution in [3.63, 3.8) is 0 Å². The van der Waals surface area contributed by atoms with Crippen LogP contribution < -0.4 is 4.74 Å². The van der Waals surface area contributed by atoms with E-state index in [2.05, 4.69) is 4.98 Å². The van der Waals surface area contributed by atoms with Crippen LogP contribution in [-0.2, 0) is 13.0 Å². The predicted molar refractivity (Wildman–Crippen MR) is 81.7 cm³/mol. The summed E-state index contributed by atoms with van der Waals surface area (Å²) < 4.78 is 7.20. The van der Waals surface area contributed by atoms with E-state index in [1.807, 2.05) is 53.9 Å². The van der Waals surface area contributed by atoms with Gasteiger partial charge in [0, 0.05) is 12.6 Å². The maximum Gasteiger partial charge on any atom is 0.137 e. The molecule has 3 rings (SSSR count). The molecule has 0 unspecified atom stereocenters. The van der Waals surface area contributed by atoms with Gasteiger partial charge in [0.25, 0.3) is 0 Å². The second-order valence-corrected chi connectivity index (χ2v) is 5.12. The number of rotatable bonds is 4. The van der Waals surface area contributed by atoms with E-state index < -0.39 is 0 Å². The molecule has 4 heteroatoms. The number of methoxy groups -OCH3 is 1. The van der Waals surface area contributed by atoms with E-state index in [0.29, 0.717) is 6.42 Å². The molecule has 0 saturated heterocycles. The van der Waals surface area contributed by atoms with Crippen LogP contribution in [0.4, 0.5) is 0 Å². The zero-order valence-corrected chi connectivity index (χ0v) is 12.2. The lowest BCUT2D eigenvalue weighted by Crippen LogP contribution is -1.98. The Kier molecular flexibility index (Phi) is 3.62. The molecule has 0 amide bonds. The first kappa shape index (κ1) is 13.6. The number of hydrogen-bond donors (Lipinski definition) is 1. The third kappa shape index (κ3) is 2.62. The molecule has 0 saturated carbocycles. The molecule has 4 nitrogen and oxygen atoms in total. The SMILES string of the molecule is COc1cccc(Cc2nc3cc(C)ccn3c2CO)c1. The number of hydrogen-bond acceptors (Lipinski definition) is 3. The first-order valence-corrected chi connectivity index (χ1v) is 6.91. The molecule has 3 aromatic rings. The van der Waals surface area contributed by atoms with E-state index in [-0.39, 0.29) is 6.61 Å². The fourth-order valence-electron chi connectivity index (χ4n) is 2.53. The Bertz CT molecular complexity index is 778. The van der Waals surface area contributed by atoms with Crippen LogP contribution in [0.5, 0.6) is 5.75 Å². The maximum atomic E-state index is 9.67. The Morgan fingerprint density at radius 3 is 2.86 bits per heavy atom. The Labute approximate surface area is 123 Å². The lowest BCUT2D eigenvalue weighted by atomic mass is 10.1. The van der Waals surface area contributed by atoms with Crippen molar-refractivity contribution in [2.45, 2.75) is 20.0 Å². The van der Waals surface area contributed by atoms with Crippen molar-refractivity contribution in [2.75, 3.05) is 7.11 Å². The summed E-state index contributed by atoms with van der Waals surface area (Å²) in [5.41, 5.74) is 4.88. The number of aromatic nitrogens is 2. The van der Waals surface area contributed by atoms with Gasteiger partial charge in [-0.3, -0.25) is 0 Å². The van der Waals surface area contributed by atoms with Crippen molar-refractivity contribution in [2.24, 2.45) is 0 Å². The smallest absolute Gasteiger partial charge is 0.137 e. The summed E-state index contributed by atoms with van der Waals surface area (Å²) in [6.45, 7) is 2.01. The van der Waals surface area contributed by atoms with Crippen molar-refractivity contribution in [3.8, 4) is 5.75 Å². The molecule has 0 aliphatic rings. The standard InChI is InChI=1S/C17H18N2O2/c1-12-6-7-19-16(11-20)15(18-17(19)8-12)10-13-4-3-5-14(9-13)21-2/h3-9,20H,10-11H2,1-2H3. The highest BCUT2D eigenvalue weighted by molar-refractivity contribution is 5.46. The molecule has 1 N–H and O–H groups in total. The summed E-state index contributed by atoms with van der Waals surface area (Å²) in [6.07, 6.45) is 2.63. The van der Waals surface area contributed by atoms with Crippen LogP contribution >= 0.6 is 0 Å². The molecular formula is C17H18N2O2. The van der Waals surface area contributed by atoms with Gasteiger partial charge in [0.05, 0.1) is 25.1 Å². The normalized spacial score (nSPS) is 11.0. The van der Waals surface area contributed by atoms with E-state index in [0.717, 1.165) is 33.9 Å². The number of imidazole rings is 1. The van der Waals surface area contributed by atoms with Gasteiger partial charge < -0.3 is 14.2 Å². The summed E-state index contributed by atoms with van der Waals surface area (Å²) in [7, 11) is 1.66. The lowest BCUT2D eigenvalue weighted by molar-refractivity contribution is 0.274. The summed E-state index contributed by atoms with van der Waals surface area (Å²) in [6, 6.07) is 12.0. The van der Waals surface area contributed by atoms with Gasteiger partial charge in [-0.2, -0.15) is 0 Å². The molecule has 2 aromatic heterocycles. The molecule has 0 aliphatic carbocycles. The third-order valence-corrected chi connectivity index (χ3v) is 3.62. The summed E-state index contributed by atoms with van der Waals surface area (Å²) >= 11 is 0. The topological polar surface area (TPSA) is 46.8 Å². The van der Waals surface area contributed by atoms with Crippen molar-refractivity contribution < 1.29 is 9.84 Å². The highest BCUT2D eigenvalue weighted by atomic mass is 16.5. The van der Waals surface area contributed by atoms with Crippen LogP contribution in [0.3, 0.4) is 0 Å². The minimum atomic E-state index is -0.0243. The first-order valence-electron chi connectivity index (χ1n) is 6.91. The van der Waals surface area contributed by atoms with Crippen molar-refractivity contribution in [3.05, 3.63) is 65.1 Å². The highest BCUT2D eigenvalue weighted by Gasteiger charge is 2.12. The fraction of sp³-hybridized carbons (Fsp3) is 0.235. The van der Waals surface area contributed by atoms with Crippen LogP contribution in [0.25, 0.3) is 5.65 Å². The molecule has 2 heterocycles. The Balaban J connectivity index is 2.03. The molecule has 0 aliphatic heterocycles. The fourth-order valence-corrected chi connectivity index (χ4v) is 2.53. The van der Waals surface area contributed by atoms with Crippen LogP contribution in [0.2, 0.25) is 0 Å². The number of nitrogens with zero attached hydrogens (tertiary/aromatic N) is 2.